The maximum Gasteiger partial charge on any atom is 0.231 e. The fraction of sp³-hybridized carbons (Fsp3) is 0.375. The molecule has 1 aromatic heterocycles. The second-order valence-corrected chi connectivity index (χ2v) is 6.35. The van der Waals surface area contributed by atoms with Crippen molar-refractivity contribution in [3.8, 4) is 0 Å². The minimum Gasteiger partial charge on any atom is -0.396 e. The molecule has 0 fully saturated rings. The molecule has 0 spiro atoms. The predicted molar refractivity (Wildman–Crippen MR) is 88.8 cm³/mol. The van der Waals surface area contributed by atoms with Crippen LogP contribution in [-0.4, -0.2) is 35.0 Å². The summed E-state index contributed by atoms with van der Waals surface area (Å²) in [5.41, 5.74) is 6.99. The number of fused-ring (bicyclic) bond motifs is 1. The summed E-state index contributed by atoms with van der Waals surface area (Å²) >= 11 is 1.70. The molecule has 0 aliphatic carbocycles. The van der Waals surface area contributed by atoms with Crippen LogP contribution in [0.4, 0.5) is 0 Å². The first-order valence-electron chi connectivity index (χ1n) is 7.40. The van der Waals surface area contributed by atoms with Crippen LogP contribution in [0.3, 0.4) is 0 Å². The Bertz CT molecular complexity index is 710. The van der Waals surface area contributed by atoms with E-state index in [1.807, 2.05) is 6.07 Å². The van der Waals surface area contributed by atoms with E-state index < -0.39 is 0 Å². The third-order valence-electron chi connectivity index (χ3n) is 3.88. The van der Waals surface area contributed by atoms with Crippen LogP contribution in [0.2, 0.25) is 0 Å². The van der Waals surface area contributed by atoms with Gasteiger partial charge in [-0.25, -0.2) is 4.99 Å². The number of aliphatic hydroxyl groups excluding tert-OH is 1. The fourth-order valence-electron chi connectivity index (χ4n) is 2.68. The molecule has 5 nitrogen and oxygen atoms in total. The van der Waals surface area contributed by atoms with Gasteiger partial charge in [0.1, 0.15) is 0 Å². The van der Waals surface area contributed by atoms with Crippen molar-refractivity contribution < 1.29 is 9.90 Å². The zero-order valence-electron chi connectivity index (χ0n) is 12.2. The molecule has 3 N–H and O–H groups in total. The van der Waals surface area contributed by atoms with Crippen molar-refractivity contribution in [3.05, 3.63) is 35.2 Å². The predicted octanol–water partition coefficient (Wildman–Crippen LogP) is 2.26. The Morgan fingerprint density at radius 3 is 3.00 bits per heavy atom. The van der Waals surface area contributed by atoms with Gasteiger partial charge in [-0.1, -0.05) is 6.07 Å². The number of nitrogens with zero attached hydrogens (tertiary/aromatic N) is 2. The van der Waals surface area contributed by atoms with E-state index in [4.69, 9.17) is 10.8 Å². The van der Waals surface area contributed by atoms with E-state index in [2.05, 4.69) is 28.6 Å². The zero-order chi connectivity index (χ0) is 15.5. The molecule has 1 aromatic carbocycles. The van der Waals surface area contributed by atoms with Gasteiger partial charge in [0.05, 0.1) is 12.5 Å². The van der Waals surface area contributed by atoms with Gasteiger partial charge >= 0.3 is 0 Å². The number of amides is 1. The molecule has 6 heteroatoms. The van der Waals surface area contributed by atoms with Gasteiger partial charge in [0.15, 0.2) is 5.96 Å². The highest BCUT2D eigenvalue weighted by molar-refractivity contribution is 7.17. The molecule has 22 heavy (non-hydrogen) atoms. The van der Waals surface area contributed by atoms with Gasteiger partial charge in [-0.3, -0.25) is 9.69 Å². The maximum atomic E-state index is 12.3. The van der Waals surface area contributed by atoms with Gasteiger partial charge < -0.3 is 10.8 Å². The second-order valence-electron chi connectivity index (χ2n) is 5.40. The molecule has 0 saturated heterocycles. The van der Waals surface area contributed by atoms with Crippen LogP contribution in [0, 0.1) is 0 Å². The van der Waals surface area contributed by atoms with Gasteiger partial charge in [0, 0.05) is 17.9 Å². The molecule has 1 aliphatic heterocycles. The molecule has 1 aliphatic rings. The number of hydrogen-bond acceptors (Lipinski definition) is 5. The van der Waals surface area contributed by atoms with Crippen molar-refractivity contribution in [1.82, 2.24) is 4.90 Å². The average Bonchev–Trinajstić information content (AvgIpc) is 2.97. The van der Waals surface area contributed by atoms with Crippen molar-refractivity contribution in [2.45, 2.75) is 25.3 Å². The van der Waals surface area contributed by atoms with Crippen molar-refractivity contribution in [1.29, 1.82) is 0 Å². The molecule has 2 heterocycles. The van der Waals surface area contributed by atoms with Crippen LogP contribution >= 0.6 is 11.3 Å². The molecule has 0 radical (unpaired) electrons. The minimum absolute atomic E-state index is 0.000792. The number of nitrogens with two attached hydrogens (primary N) is 1. The number of guanidine groups is 1. The Morgan fingerprint density at radius 2 is 2.23 bits per heavy atom. The Morgan fingerprint density at radius 1 is 1.36 bits per heavy atom. The number of hydrogen-bond donors (Lipinski definition) is 2. The summed E-state index contributed by atoms with van der Waals surface area (Å²) in [6.45, 7) is 0.646. The van der Waals surface area contributed by atoms with Crippen LogP contribution in [0.15, 0.2) is 34.6 Å². The van der Waals surface area contributed by atoms with Crippen molar-refractivity contribution >= 4 is 33.3 Å². The molecule has 0 bridgehead atoms. The third-order valence-corrected chi connectivity index (χ3v) is 4.78. The summed E-state index contributed by atoms with van der Waals surface area (Å²) in [6, 6.07) is 8.05. The first-order valence-corrected chi connectivity index (χ1v) is 8.28. The SMILES string of the molecule is NC1=N[C@H](c2ccc3sccc3c2)CC(=O)N1CCCCO. The van der Waals surface area contributed by atoms with Gasteiger partial charge in [-0.15, -0.1) is 11.3 Å². The lowest BCUT2D eigenvalue weighted by molar-refractivity contribution is -0.128. The number of rotatable bonds is 5. The van der Waals surface area contributed by atoms with Crippen molar-refractivity contribution in [2.75, 3.05) is 13.2 Å². The van der Waals surface area contributed by atoms with Gasteiger partial charge in [-0.05, 0) is 47.4 Å². The molecular weight excluding hydrogens is 298 g/mol. The van der Waals surface area contributed by atoms with Gasteiger partial charge in [0.2, 0.25) is 5.91 Å². The lowest BCUT2D eigenvalue weighted by atomic mass is 10.0. The van der Waals surface area contributed by atoms with Gasteiger partial charge in [-0.2, -0.15) is 0 Å². The van der Waals surface area contributed by atoms with E-state index in [0.29, 0.717) is 19.4 Å². The molecule has 116 valence electrons. The molecule has 2 aromatic rings. The summed E-state index contributed by atoms with van der Waals surface area (Å²) in [6.07, 6.45) is 1.73. The van der Waals surface area contributed by atoms with E-state index in [9.17, 15) is 4.79 Å². The summed E-state index contributed by atoms with van der Waals surface area (Å²) in [5, 5.41) is 12.1. The number of carbonyl (C=O) groups excluding carboxylic acids is 1. The zero-order valence-corrected chi connectivity index (χ0v) is 13.1. The summed E-state index contributed by atoms with van der Waals surface area (Å²) in [5.74, 6) is 0.283. The molecule has 0 unspecified atom stereocenters. The Hall–Kier alpha value is -1.92. The summed E-state index contributed by atoms with van der Waals surface area (Å²) < 4.78 is 1.23. The second kappa shape index (κ2) is 6.46. The van der Waals surface area contributed by atoms with Crippen LogP contribution in [0.5, 0.6) is 0 Å². The van der Waals surface area contributed by atoms with Crippen LogP contribution < -0.4 is 5.73 Å². The van der Waals surface area contributed by atoms with E-state index >= 15 is 0 Å². The smallest absolute Gasteiger partial charge is 0.231 e. The van der Waals surface area contributed by atoms with Crippen LogP contribution in [0.1, 0.15) is 30.9 Å². The normalized spacial score (nSPS) is 18.8. The average molecular weight is 317 g/mol. The number of aliphatic hydroxyl groups is 1. The summed E-state index contributed by atoms with van der Waals surface area (Å²) in [4.78, 5) is 18.3. The fourth-order valence-corrected chi connectivity index (χ4v) is 3.46. The maximum absolute atomic E-state index is 12.3. The van der Waals surface area contributed by atoms with E-state index in [-0.39, 0.29) is 24.5 Å². The Labute approximate surface area is 133 Å². The number of unbranched alkanes of at least 4 members (excludes halogenated alkanes) is 1. The van der Waals surface area contributed by atoms with Gasteiger partial charge in [0.25, 0.3) is 0 Å². The quantitative estimate of drug-likeness (QED) is 0.830. The molecule has 3 rings (SSSR count). The Balaban J connectivity index is 1.79. The minimum atomic E-state index is -0.203. The van der Waals surface area contributed by atoms with Crippen LogP contribution in [-0.2, 0) is 4.79 Å². The number of benzene rings is 1. The highest BCUT2D eigenvalue weighted by atomic mass is 32.1. The van der Waals surface area contributed by atoms with Crippen LogP contribution in [0.25, 0.3) is 10.1 Å². The third kappa shape index (κ3) is 2.98. The standard InChI is InChI=1S/C16H19N3O2S/c17-16-18-13(10-15(21)19(16)6-1-2-7-20)11-3-4-14-12(9-11)5-8-22-14/h3-5,8-9,13,20H,1-2,6-7,10H2,(H2,17,18)/t13-/m0/s1. The molecular formula is C16H19N3O2S. The lowest BCUT2D eigenvalue weighted by Crippen LogP contribution is -2.46. The lowest BCUT2D eigenvalue weighted by Gasteiger charge is -2.29. The van der Waals surface area contributed by atoms with E-state index in [1.165, 1.54) is 15.0 Å². The number of thiophene rings is 1. The monoisotopic (exact) mass is 317 g/mol. The van der Waals surface area contributed by atoms with E-state index in [1.54, 1.807) is 11.3 Å². The van der Waals surface area contributed by atoms with Crippen molar-refractivity contribution in [3.63, 3.8) is 0 Å². The largest absolute Gasteiger partial charge is 0.396 e. The highest BCUT2D eigenvalue weighted by Gasteiger charge is 2.28. The first-order chi connectivity index (χ1) is 10.7. The first kappa shape index (κ1) is 15.0. The Kier molecular flexibility index (Phi) is 4.40. The number of aliphatic imine (C=N–C) groups is 1. The highest BCUT2D eigenvalue weighted by Crippen LogP contribution is 2.30. The molecule has 0 saturated carbocycles. The molecule has 1 amide bonds. The van der Waals surface area contributed by atoms with E-state index in [0.717, 1.165) is 12.0 Å². The summed E-state index contributed by atoms with van der Waals surface area (Å²) in [7, 11) is 0. The topological polar surface area (TPSA) is 78.9 Å². The molecule has 1 atom stereocenters. The number of carbonyl (C=O) groups is 1. The van der Waals surface area contributed by atoms with Crippen molar-refractivity contribution in [2.24, 2.45) is 10.7 Å².